The fourth-order valence-corrected chi connectivity index (χ4v) is 2.20. The van der Waals surface area contributed by atoms with Gasteiger partial charge in [0.15, 0.2) is 0 Å². The second kappa shape index (κ2) is 7.61. The molecule has 2 rings (SSSR count). The molecule has 0 fully saturated rings. The third-order valence-corrected chi connectivity index (χ3v) is 3.37. The Hall–Kier alpha value is -2.33. The predicted molar refractivity (Wildman–Crippen MR) is 89.4 cm³/mol. The van der Waals surface area contributed by atoms with E-state index in [-0.39, 0.29) is 11.8 Å². The van der Waals surface area contributed by atoms with Crippen LogP contribution in [0.4, 0.5) is 11.4 Å². The van der Waals surface area contributed by atoms with Crippen molar-refractivity contribution in [3.8, 4) is 0 Å². The molecule has 0 aliphatic rings. The van der Waals surface area contributed by atoms with Gasteiger partial charge in [-0.25, -0.2) is 0 Å². The number of carbonyl (C=O) groups is 2. The molecule has 0 unspecified atom stereocenters. The van der Waals surface area contributed by atoms with E-state index in [1.54, 1.807) is 48.5 Å². The van der Waals surface area contributed by atoms with Crippen LogP contribution in [0.2, 0.25) is 5.02 Å². The molecular weight excluding hydrogens is 300 g/mol. The van der Waals surface area contributed by atoms with Gasteiger partial charge < -0.3 is 10.6 Å². The lowest BCUT2D eigenvalue weighted by atomic mass is 10.2. The van der Waals surface area contributed by atoms with Crippen molar-refractivity contribution in [2.24, 2.45) is 0 Å². The summed E-state index contributed by atoms with van der Waals surface area (Å²) in [4.78, 5) is 24.0. The molecule has 2 N–H and O–H groups in total. The van der Waals surface area contributed by atoms with Gasteiger partial charge in [-0.3, -0.25) is 9.59 Å². The van der Waals surface area contributed by atoms with E-state index in [9.17, 15) is 9.59 Å². The lowest BCUT2D eigenvalue weighted by Gasteiger charge is -2.12. The molecule has 0 radical (unpaired) electrons. The number of hydrogen-bond donors (Lipinski definition) is 2. The minimum atomic E-state index is -0.317. The van der Waals surface area contributed by atoms with Gasteiger partial charge in [-0.05, 0) is 30.7 Å². The SMILES string of the molecule is CCCC(=O)Nc1ccccc1NC(=O)c1ccccc1Cl. The van der Waals surface area contributed by atoms with Gasteiger partial charge in [-0.1, -0.05) is 42.8 Å². The normalized spacial score (nSPS) is 10.1. The Balaban J connectivity index is 2.18. The Kier molecular flexibility index (Phi) is 5.55. The monoisotopic (exact) mass is 316 g/mol. The number of halogens is 1. The van der Waals surface area contributed by atoms with Gasteiger partial charge in [-0.2, -0.15) is 0 Å². The summed E-state index contributed by atoms with van der Waals surface area (Å²) in [5.74, 6) is -0.398. The second-order valence-electron chi connectivity index (χ2n) is 4.78. The van der Waals surface area contributed by atoms with Gasteiger partial charge in [0, 0.05) is 6.42 Å². The second-order valence-corrected chi connectivity index (χ2v) is 5.18. The van der Waals surface area contributed by atoms with Gasteiger partial charge in [0.2, 0.25) is 5.91 Å². The zero-order chi connectivity index (χ0) is 15.9. The summed E-state index contributed by atoms with van der Waals surface area (Å²) in [5, 5.41) is 5.96. The van der Waals surface area contributed by atoms with E-state index >= 15 is 0 Å². The fourth-order valence-electron chi connectivity index (χ4n) is 1.98. The highest BCUT2D eigenvalue weighted by Gasteiger charge is 2.12. The molecule has 2 aromatic rings. The van der Waals surface area contributed by atoms with E-state index in [1.807, 2.05) is 6.92 Å². The highest BCUT2D eigenvalue weighted by atomic mass is 35.5. The third kappa shape index (κ3) is 4.09. The molecule has 22 heavy (non-hydrogen) atoms. The zero-order valence-corrected chi connectivity index (χ0v) is 13.0. The first-order valence-corrected chi connectivity index (χ1v) is 7.44. The van der Waals surface area contributed by atoms with Crippen LogP contribution in [0.5, 0.6) is 0 Å². The van der Waals surface area contributed by atoms with Crippen molar-refractivity contribution in [1.29, 1.82) is 0 Å². The molecule has 0 bridgehead atoms. The summed E-state index contributed by atoms with van der Waals surface area (Å²) in [6.45, 7) is 1.94. The fraction of sp³-hybridized carbons (Fsp3) is 0.176. The molecule has 0 atom stereocenters. The van der Waals surface area contributed by atoms with Crippen LogP contribution < -0.4 is 10.6 Å². The van der Waals surface area contributed by atoms with Gasteiger partial charge >= 0.3 is 0 Å². The number of anilines is 2. The average Bonchev–Trinajstić information content (AvgIpc) is 2.50. The molecule has 2 aromatic carbocycles. The van der Waals surface area contributed by atoms with Gasteiger partial charge in [-0.15, -0.1) is 0 Å². The summed E-state index contributed by atoms with van der Waals surface area (Å²) >= 11 is 6.02. The lowest BCUT2D eigenvalue weighted by molar-refractivity contribution is -0.116. The topological polar surface area (TPSA) is 58.2 Å². The molecular formula is C17H17ClN2O2. The Morgan fingerprint density at radius 1 is 0.955 bits per heavy atom. The number of carbonyl (C=O) groups excluding carboxylic acids is 2. The smallest absolute Gasteiger partial charge is 0.257 e. The number of para-hydroxylation sites is 2. The molecule has 0 aromatic heterocycles. The Bertz CT molecular complexity index is 686. The van der Waals surface area contributed by atoms with Gasteiger partial charge in [0.25, 0.3) is 5.91 Å². The van der Waals surface area contributed by atoms with Crippen LogP contribution in [0.3, 0.4) is 0 Å². The zero-order valence-electron chi connectivity index (χ0n) is 12.2. The van der Waals surface area contributed by atoms with Crippen molar-refractivity contribution >= 4 is 34.8 Å². The highest BCUT2D eigenvalue weighted by molar-refractivity contribution is 6.34. The van der Waals surface area contributed by atoms with Crippen LogP contribution in [0.1, 0.15) is 30.1 Å². The first kappa shape index (κ1) is 16.0. The number of nitrogens with one attached hydrogen (secondary N) is 2. The molecule has 5 heteroatoms. The largest absolute Gasteiger partial charge is 0.324 e. The summed E-state index contributed by atoms with van der Waals surface area (Å²) in [5.41, 5.74) is 1.50. The minimum Gasteiger partial charge on any atom is -0.324 e. The molecule has 4 nitrogen and oxygen atoms in total. The number of hydrogen-bond acceptors (Lipinski definition) is 2. The number of rotatable bonds is 5. The molecule has 2 amide bonds. The van der Waals surface area contributed by atoms with Crippen molar-refractivity contribution in [1.82, 2.24) is 0 Å². The molecule has 0 spiro atoms. The Labute approximate surface area is 134 Å². The first-order chi connectivity index (χ1) is 10.6. The number of amides is 2. The predicted octanol–water partition coefficient (Wildman–Crippen LogP) is 4.33. The number of benzene rings is 2. The standard InChI is InChI=1S/C17H17ClN2O2/c1-2-7-16(21)19-14-10-5-6-11-15(14)20-17(22)12-8-3-4-9-13(12)18/h3-6,8-11H,2,7H2,1H3,(H,19,21)(H,20,22). The molecule has 0 aliphatic carbocycles. The Morgan fingerprint density at radius 2 is 1.55 bits per heavy atom. The van der Waals surface area contributed by atoms with Crippen LogP contribution >= 0.6 is 11.6 Å². The average molecular weight is 317 g/mol. The molecule has 114 valence electrons. The first-order valence-electron chi connectivity index (χ1n) is 7.06. The minimum absolute atomic E-state index is 0.0815. The van der Waals surface area contributed by atoms with Crippen LogP contribution in [0, 0.1) is 0 Å². The van der Waals surface area contributed by atoms with Gasteiger partial charge in [0.1, 0.15) is 0 Å². The van der Waals surface area contributed by atoms with Crippen molar-refractivity contribution in [3.63, 3.8) is 0 Å². The Morgan fingerprint density at radius 3 is 2.18 bits per heavy atom. The highest BCUT2D eigenvalue weighted by Crippen LogP contribution is 2.23. The van der Waals surface area contributed by atoms with E-state index < -0.39 is 0 Å². The van der Waals surface area contributed by atoms with E-state index in [0.29, 0.717) is 28.4 Å². The van der Waals surface area contributed by atoms with E-state index in [0.717, 1.165) is 6.42 Å². The third-order valence-electron chi connectivity index (χ3n) is 3.04. The van der Waals surface area contributed by atoms with Crippen LogP contribution in [0.25, 0.3) is 0 Å². The summed E-state index contributed by atoms with van der Waals surface area (Å²) in [7, 11) is 0. The quantitative estimate of drug-likeness (QED) is 0.862. The van der Waals surface area contributed by atoms with Crippen molar-refractivity contribution < 1.29 is 9.59 Å². The maximum Gasteiger partial charge on any atom is 0.257 e. The molecule has 0 saturated heterocycles. The van der Waals surface area contributed by atoms with Crippen LogP contribution in [0.15, 0.2) is 48.5 Å². The summed E-state index contributed by atoms with van der Waals surface area (Å²) < 4.78 is 0. The summed E-state index contributed by atoms with van der Waals surface area (Å²) in [6.07, 6.45) is 1.20. The summed E-state index contributed by atoms with van der Waals surface area (Å²) in [6, 6.07) is 13.9. The lowest BCUT2D eigenvalue weighted by Crippen LogP contribution is -2.16. The van der Waals surface area contributed by atoms with E-state index in [1.165, 1.54) is 0 Å². The van der Waals surface area contributed by atoms with Crippen molar-refractivity contribution in [3.05, 3.63) is 59.1 Å². The maximum absolute atomic E-state index is 12.3. The van der Waals surface area contributed by atoms with E-state index in [4.69, 9.17) is 11.6 Å². The van der Waals surface area contributed by atoms with Gasteiger partial charge in [0.05, 0.1) is 22.0 Å². The maximum atomic E-state index is 12.3. The van der Waals surface area contributed by atoms with Crippen LogP contribution in [-0.4, -0.2) is 11.8 Å². The molecule has 0 aliphatic heterocycles. The van der Waals surface area contributed by atoms with Crippen molar-refractivity contribution in [2.75, 3.05) is 10.6 Å². The molecule has 0 saturated carbocycles. The van der Waals surface area contributed by atoms with Crippen molar-refractivity contribution in [2.45, 2.75) is 19.8 Å². The van der Waals surface area contributed by atoms with Crippen LogP contribution in [-0.2, 0) is 4.79 Å². The van der Waals surface area contributed by atoms with E-state index in [2.05, 4.69) is 10.6 Å². The molecule has 0 heterocycles.